The van der Waals surface area contributed by atoms with Gasteiger partial charge in [0.25, 0.3) is 0 Å². The van der Waals surface area contributed by atoms with Gasteiger partial charge in [0.15, 0.2) is 0 Å². The number of hydrogen-bond acceptors (Lipinski definition) is 1. The zero-order valence-corrected chi connectivity index (χ0v) is 18.1. The summed E-state index contributed by atoms with van der Waals surface area (Å²) in [6.45, 7) is 0. The molecule has 0 aliphatic rings. The summed E-state index contributed by atoms with van der Waals surface area (Å²) in [5, 5.41) is 6.12. The SMILES string of the molecule is Clc1cc(Cl)c(N(c2ccc3ccccc3c2)c2ccc3ccccc3c2)c(Cl)c1. The maximum absolute atomic E-state index is 6.66. The number of anilines is 3. The zero-order valence-electron chi connectivity index (χ0n) is 15.8. The molecule has 0 heterocycles. The molecular weight excluding hydrogens is 433 g/mol. The second kappa shape index (κ2) is 7.85. The molecule has 30 heavy (non-hydrogen) atoms. The van der Waals surface area contributed by atoms with Crippen molar-refractivity contribution in [3.05, 3.63) is 112 Å². The van der Waals surface area contributed by atoms with E-state index in [1.807, 2.05) is 24.3 Å². The largest absolute Gasteiger partial charge is 0.308 e. The van der Waals surface area contributed by atoms with Crippen LogP contribution in [0.1, 0.15) is 0 Å². The molecule has 5 rings (SSSR count). The van der Waals surface area contributed by atoms with Crippen LogP contribution in [-0.4, -0.2) is 0 Å². The van der Waals surface area contributed by atoms with E-state index in [0.29, 0.717) is 20.8 Å². The van der Waals surface area contributed by atoms with Crippen LogP contribution >= 0.6 is 34.8 Å². The van der Waals surface area contributed by atoms with Gasteiger partial charge in [-0.1, -0.05) is 95.5 Å². The van der Waals surface area contributed by atoms with E-state index in [1.54, 1.807) is 12.1 Å². The Morgan fingerprint density at radius 2 is 0.900 bits per heavy atom. The highest BCUT2D eigenvalue weighted by atomic mass is 35.5. The average Bonchev–Trinajstić information content (AvgIpc) is 2.75. The van der Waals surface area contributed by atoms with Gasteiger partial charge in [-0.05, 0) is 57.9 Å². The third kappa shape index (κ3) is 3.50. The summed E-state index contributed by atoms with van der Waals surface area (Å²) >= 11 is 19.5. The van der Waals surface area contributed by atoms with Crippen molar-refractivity contribution in [2.75, 3.05) is 4.90 Å². The van der Waals surface area contributed by atoms with Gasteiger partial charge < -0.3 is 4.90 Å². The molecule has 0 unspecified atom stereocenters. The molecular formula is C26H16Cl3N. The quantitative estimate of drug-likeness (QED) is 0.265. The molecule has 0 amide bonds. The van der Waals surface area contributed by atoms with Crippen molar-refractivity contribution in [3.63, 3.8) is 0 Å². The number of fused-ring (bicyclic) bond motifs is 2. The third-order valence-electron chi connectivity index (χ3n) is 5.19. The average molecular weight is 449 g/mol. The van der Waals surface area contributed by atoms with Gasteiger partial charge in [0.1, 0.15) is 0 Å². The van der Waals surface area contributed by atoms with E-state index in [9.17, 15) is 0 Å². The summed E-state index contributed by atoms with van der Waals surface area (Å²) < 4.78 is 0. The first-order valence-electron chi connectivity index (χ1n) is 9.52. The lowest BCUT2D eigenvalue weighted by Crippen LogP contribution is -2.11. The summed E-state index contributed by atoms with van der Waals surface area (Å²) in [5.41, 5.74) is 2.64. The highest BCUT2D eigenvalue weighted by Gasteiger charge is 2.20. The molecule has 0 saturated heterocycles. The maximum atomic E-state index is 6.66. The first-order chi connectivity index (χ1) is 14.6. The molecule has 146 valence electrons. The van der Waals surface area contributed by atoms with Gasteiger partial charge in [0, 0.05) is 16.4 Å². The lowest BCUT2D eigenvalue weighted by molar-refractivity contribution is 1.29. The molecule has 0 spiro atoms. The van der Waals surface area contributed by atoms with E-state index in [1.165, 1.54) is 10.8 Å². The van der Waals surface area contributed by atoms with Gasteiger partial charge in [0.2, 0.25) is 0 Å². The van der Waals surface area contributed by atoms with Crippen molar-refractivity contribution < 1.29 is 0 Å². The van der Waals surface area contributed by atoms with Crippen molar-refractivity contribution in [1.82, 2.24) is 0 Å². The summed E-state index contributed by atoms with van der Waals surface area (Å²) in [6, 6.07) is 32.7. The van der Waals surface area contributed by atoms with E-state index in [4.69, 9.17) is 34.8 Å². The fourth-order valence-corrected chi connectivity index (χ4v) is 4.77. The molecule has 0 radical (unpaired) electrons. The molecule has 0 fully saturated rings. The zero-order chi connectivity index (χ0) is 20.7. The van der Waals surface area contributed by atoms with Crippen LogP contribution in [0, 0.1) is 0 Å². The highest BCUT2D eigenvalue weighted by Crippen LogP contribution is 2.45. The molecule has 0 aromatic heterocycles. The van der Waals surface area contributed by atoms with E-state index in [0.717, 1.165) is 22.1 Å². The molecule has 0 bridgehead atoms. The van der Waals surface area contributed by atoms with Gasteiger partial charge >= 0.3 is 0 Å². The van der Waals surface area contributed by atoms with Crippen molar-refractivity contribution in [1.29, 1.82) is 0 Å². The molecule has 0 aliphatic carbocycles. The molecule has 1 nitrogen and oxygen atoms in total. The van der Waals surface area contributed by atoms with Crippen LogP contribution in [-0.2, 0) is 0 Å². The number of nitrogens with zero attached hydrogens (tertiary/aromatic N) is 1. The van der Waals surface area contributed by atoms with Gasteiger partial charge in [-0.3, -0.25) is 0 Å². The van der Waals surface area contributed by atoms with Crippen molar-refractivity contribution in [3.8, 4) is 0 Å². The maximum Gasteiger partial charge on any atom is 0.0836 e. The smallest absolute Gasteiger partial charge is 0.0836 e. The summed E-state index contributed by atoms with van der Waals surface area (Å²) in [5.74, 6) is 0. The number of benzene rings is 5. The Balaban J connectivity index is 1.78. The topological polar surface area (TPSA) is 3.24 Å². The Morgan fingerprint density at radius 3 is 1.37 bits per heavy atom. The predicted molar refractivity (Wildman–Crippen MR) is 131 cm³/mol. The van der Waals surface area contributed by atoms with Crippen LogP contribution in [0.15, 0.2) is 97.1 Å². The fraction of sp³-hybridized carbons (Fsp3) is 0. The van der Waals surface area contributed by atoms with Crippen LogP contribution in [0.2, 0.25) is 15.1 Å². The van der Waals surface area contributed by atoms with Crippen molar-refractivity contribution in [2.24, 2.45) is 0 Å². The number of halogens is 3. The third-order valence-corrected chi connectivity index (χ3v) is 5.98. The number of hydrogen-bond donors (Lipinski definition) is 0. The molecule has 0 aliphatic heterocycles. The Morgan fingerprint density at radius 1 is 0.467 bits per heavy atom. The molecule has 5 aromatic carbocycles. The van der Waals surface area contributed by atoms with Gasteiger partial charge in [-0.15, -0.1) is 0 Å². The minimum atomic E-state index is 0.494. The Labute approximate surface area is 190 Å². The monoisotopic (exact) mass is 447 g/mol. The van der Waals surface area contributed by atoms with Crippen molar-refractivity contribution >= 4 is 73.4 Å². The Kier molecular flexibility index (Phi) is 5.04. The van der Waals surface area contributed by atoms with E-state index in [2.05, 4.69) is 65.6 Å². The molecule has 0 N–H and O–H groups in total. The minimum Gasteiger partial charge on any atom is -0.308 e. The molecule has 0 atom stereocenters. The lowest BCUT2D eigenvalue weighted by atomic mass is 10.1. The van der Waals surface area contributed by atoms with Gasteiger partial charge in [-0.2, -0.15) is 0 Å². The minimum absolute atomic E-state index is 0.494. The highest BCUT2D eigenvalue weighted by molar-refractivity contribution is 6.42. The second-order valence-electron chi connectivity index (χ2n) is 7.12. The number of rotatable bonds is 3. The van der Waals surface area contributed by atoms with Crippen LogP contribution in [0.5, 0.6) is 0 Å². The van der Waals surface area contributed by atoms with Crippen LogP contribution in [0.25, 0.3) is 21.5 Å². The molecule has 4 heteroatoms. The summed E-state index contributed by atoms with van der Waals surface area (Å²) in [6.07, 6.45) is 0. The van der Waals surface area contributed by atoms with Crippen LogP contribution in [0.3, 0.4) is 0 Å². The summed E-state index contributed by atoms with van der Waals surface area (Å²) in [4.78, 5) is 2.08. The predicted octanol–water partition coefficient (Wildman–Crippen LogP) is 9.42. The van der Waals surface area contributed by atoms with Gasteiger partial charge in [0.05, 0.1) is 15.7 Å². The first kappa shape index (κ1) is 19.3. The van der Waals surface area contributed by atoms with E-state index >= 15 is 0 Å². The van der Waals surface area contributed by atoms with Crippen molar-refractivity contribution in [2.45, 2.75) is 0 Å². The van der Waals surface area contributed by atoms with Crippen LogP contribution in [0.4, 0.5) is 17.1 Å². The fourth-order valence-electron chi connectivity index (χ4n) is 3.79. The lowest BCUT2D eigenvalue weighted by Gasteiger charge is -2.28. The second-order valence-corrected chi connectivity index (χ2v) is 8.37. The normalized spacial score (nSPS) is 11.2. The van der Waals surface area contributed by atoms with Gasteiger partial charge in [-0.25, -0.2) is 0 Å². The summed E-state index contributed by atoms with van der Waals surface area (Å²) in [7, 11) is 0. The Bertz CT molecular complexity index is 1290. The van der Waals surface area contributed by atoms with E-state index < -0.39 is 0 Å². The molecule has 5 aromatic rings. The standard InChI is InChI=1S/C26H16Cl3N/c27-21-15-24(28)26(25(29)16-21)30(22-11-9-17-5-1-3-7-19(17)13-22)23-12-10-18-6-2-4-8-20(18)14-23/h1-16H. The first-order valence-corrected chi connectivity index (χ1v) is 10.7. The molecule has 0 saturated carbocycles. The van der Waals surface area contributed by atoms with E-state index in [-0.39, 0.29) is 0 Å². The Hall–Kier alpha value is -2.71. The van der Waals surface area contributed by atoms with Crippen LogP contribution < -0.4 is 4.90 Å².